The lowest BCUT2D eigenvalue weighted by atomic mass is 9.89. The van der Waals surface area contributed by atoms with Crippen molar-refractivity contribution in [3.8, 4) is 6.07 Å². The van der Waals surface area contributed by atoms with Gasteiger partial charge in [-0.15, -0.1) is 0 Å². The Balaban J connectivity index is 1.43. The summed E-state index contributed by atoms with van der Waals surface area (Å²) in [6.45, 7) is 8.28. The molecule has 1 amide bonds. The molecule has 2 unspecified atom stereocenters. The van der Waals surface area contributed by atoms with Crippen LogP contribution in [0, 0.1) is 16.7 Å². The molecule has 2 aromatic heterocycles. The summed E-state index contributed by atoms with van der Waals surface area (Å²) in [7, 11) is 1.77. The van der Waals surface area contributed by atoms with Gasteiger partial charge < -0.3 is 9.80 Å². The van der Waals surface area contributed by atoms with Gasteiger partial charge in [0.2, 0.25) is 0 Å². The highest BCUT2D eigenvalue weighted by Gasteiger charge is 2.42. The minimum absolute atomic E-state index is 0.0248. The van der Waals surface area contributed by atoms with Crippen LogP contribution >= 0.6 is 0 Å². The molecule has 0 spiro atoms. The number of anilines is 1. The van der Waals surface area contributed by atoms with Gasteiger partial charge in [0.1, 0.15) is 5.82 Å². The fourth-order valence-electron chi connectivity index (χ4n) is 5.33. The maximum atomic E-state index is 13.3. The van der Waals surface area contributed by atoms with Gasteiger partial charge >= 0.3 is 5.69 Å². The number of fused-ring (bicyclic) bond motifs is 4. The van der Waals surface area contributed by atoms with E-state index in [1.54, 1.807) is 35.9 Å². The molecular weight excluding hydrogens is 428 g/mol. The molecule has 5 heterocycles. The van der Waals surface area contributed by atoms with E-state index in [4.69, 9.17) is 4.98 Å². The van der Waals surface area contributed by atoms with Gasteiger partial charge in [0, 0.05) is 38.8 Å². The quantitative estimate of drug-likeness (QED) is 0.602. The molecule has 2 atom stereocenters. The molecule has 34 heavy (non-hydrogen) atoms. The number of nitrogens with zero attached hydrogens (tertiary/aromatic N) is 6. The number of carbonyl (C=O) groups excluding carboxylic acids is 1. The van der Waals surface area contributed by atoms with Crippen LogP contribution < -0.4 is 10.6 Å². The van der Waals surface area contributed by atoms with E-state index >= 15 is 0 Å². The van der Waals surface area contributed by atoms with Crippen molar-refractivity contribution in [3.63, 3.8) is 0 Å². The summed E-state index contributed by atoms with van der Waals surface area (Å²) < 4.78 is 3.43. The lowest BCUT2D eigenvalue weighted by Crippen LogP contribution is -2.64. The molecule has 2 bridgehead atoms. The van der Waals surface area contributed by atoms with E-state index < -0.39 is 0 Å². The predicted octanol–water partition coefficient (Wildman–Crippen LogP) is 3.15. The molecule has 1 aromatic carbocycles. The van der Waals surface area contributed by atoms with E-state index in [2.05, 4.69) is 31.7 Å². The fourth-order valence-corrected chi connectivity index (χ4v) is 5.33. The van der Waals surface area contributed by atoms with Crippen molar-refractivity contribution in [3.05, 3.63) is 58.0 Å². The van der Waals surface area contributed by atoms with Crippen molar-refractivity contribution in [1.29, 1.82) is 5.26 Å². The maximum absolute atomic E-state index is 13.3. The molecule has 0 radical (unpaired) electrons. The van der Waals surface area contributed by atoms with Crippen molar-refractivity contribution in [2.75, 3.05) is 18.0 Å². The highest BCUT2D eigenvalue weighted by atomic mass is 16.2. The lowest BCUT2D eigenvalue weighted by molar-refractivity contribution is 0.0504. The van der Waals surface area contributed by atoms with Gasteiger partial charge in [0.25, 0.3) is 5.91 Å². The molecule has 8 heteroatoms. The number of hydrogen-bond acceptors (Lipinski definition) is 5. The predicted molar refractivity (Wildman–Crippen MR) is 131 cm³/mol. The summed E-state index contributed by atoms with van der Waals surface area (Å²) in [4.78, 5) is 35.3. The molecular formula is C26H30N6O2. The smallest absolute Gasteiger partial charge is 0.330 e. The first-order chi connectivity index (χ1) is 16.2. The Hall–Kier alpha value is -3.60. The van der Waals surface area contributed by atoms with Gasteiger partial charge in [-0.3, -0.25) is 13.9 Å². The van der Waals surface area contributed by atoms with E-state index in [9.17, 15) is 14.9 Å². The number of amides is 1. The topological polar surface area (TPSA) is 87.2 Å². The average molecular weight is 459 g/mol. The van der Waals surface area contributed by atoms with Crippen LogP contribution in [-0.4, -0.2) is 50.1 Å². The SMILES string of the molecule is Cn1c(=O)n(CC(C)(C)C)c2ccc(N3CC4CCC3CN4C(=O)c3ccccc3C#N)nc21. The number of aromatic nitrogens is 3. The zero-order valence-electron chi connectivity index (χ0n) is 20.2. The average Bonchev–Trinajstić information content (AvgIpc) is 3.07. The second kappa shape index (κ2) is 8.01. The summed E-state index contributed by atoms with van der Waals surface area (Å²) >= 11 is 0. The van der Waals surface area contributed by atoms with Gasteiger partial charge in [-0.05, 0) is 42.5 Å². The number of nitriles is 1. The number of imidazole rings is 1. The van der Waals surface area contributed by atoms with Crippen molar-refractivity contribution >= 4 is 22.9 Å². The fraction of sp³-hybridized carbons (Fsp3) is 0.462. The lowest BCUT2D eigenvalue weighted by Gasteiger charge is -2.52. The molecule has 176 valence electrons. The summed E-state index contributed by atoms with van der Waals surface area (Å²) in [6, 6.07) is 13.4. The van der Waals surface area contributed by atoms with Crippen molar-refractivity contribution in [1.82, 2.24) is 19.0 Å². The van der Waals surface area contributed by atoms with Crippen molar-refractivity contribution < 1.29 is 4.79 Å². The highest BCUT2D eigenvalue weighted by molar-refractivity contribution is 5.97. The number of pyridine rings is 1. The summed E-state index contributed by atoms with van der Waals surface area (Å²) in [6.07, 6.45) is 1.92. The van der Waals surface area contributed by atoms with E-state index in [1.807, 2.05) is 21.6 Å². The number of aryl methyl sites for hydroxylation is 1. The third kappa shape index (κ3) is 3.65. The maximum Gasteiger partial charge on any atom is 0.330 e. The van der Waals surface area contributed by atoms with E-state index in [0.717, 1.165) is 24.2 Å². The molecule has 0 saturated carbocycles. The first-order valence-electron chi connectivity index (χ1n) is 11.8. The number of carbonyl (C=O) groups is 1. The standard InChI is InChI=1S/C26H30N6O2/c1-26(2,3)16-32-21-11-12-22(28-23(21)29(4)25(32)34)30-14-19-10-9-18(30)15-31(19)24(33)20-8-6-5-7-17(20)13-27/h5-8,11-12,18-19H,9-10,14-16H2,1-4H3. The first-order valence-corrected chi connectivity index (χ1v) is 11.8. The van der Waals surface area contributed by atoms with Gasteiger partial charge in [-0.2, -0.15) is 5.26 Å². The van der Waals surface area contributed by atoms with Crippen LogP contribution in [0.15, 0.2) is 41.2 Å². The van der Waals surface area contributed by atoms with Crippen molar-refractivity contribution in [2.45, 2.75) is 52.2 Å². The van der Waals surface area contributed by atoms with E-state index in [1.165, 1.54) is 0 Å². The molecule has 0 aliphatic carbocycles. The summed E-state index contributed by atoms with van der Waals surface area (Å²) in [5, 5.41) is 9.42. The van der Waals surface area contributed by atoms with Crippen LogP contribution in [0.3, 0.4) is 0 Å². The Bertz CT molecular complexity index is 1370. The Kier molecular flexibility index (Phi) is 5.23. The Morgan fingerprint density at radius 1 is 1.12 bits per heavy atom. The second-order valence-electron chi connectivity index (χ2n) is 10.7. The molecule has 3 aromatic rings. The van der Waals surface area contributed by atoms with Gasteiger partial charge in [0.15, 0.2) is 5.65 Å². The third-order valence-electron chi connectivity index (χ3n) is 6.96. The van der Waals surface area contributed by atoms with Crippen LogP contribution in [0.1, 0.15) is 49.5 Å². The Morgan fingerprint density at radius 3 is 2.53 bits per heavy atom. The van der Waals surface area contributed by atoms with Crippen LogP contribution in [0.5, 0.6) is 0 Å². The van der Waals surface area contributed by atoms with E-state index in [-0.39, 0.29) is 29.1 Å². The molecule has 3 fully saturated rings. The number of hydrogen-bond donors (Lipinski definition) is 0. The minimum atomic E-state index is -0.0726. The van der Waals surface area contributed by atoms with Gasteiger partial charge in [-0.25, -0.2) is 9.78 Å². The van der Waals surface area contributed by atoms with Crippen molar-refractivity contribution in [2.24, 2.45) is 12.5 Å². The van der Waals surface area contributed by atoms with Crippen LogP contribution in [-0.2, 0) is 13.6 Å². The number of rotatable bonds is 3. The number of benzene rings is 1. The zero-order valence-corrected chi connectivity index (χ0v) is 20.2. The minimum Gasteiger partial charge on any atom is -0.350 e. The summed E-state index contributed by atoms with van der Waals surface area (Å²) in [5.41, 5.74) is 2.34. The number of piperidine rings is 2. The zero-order chi connectivity index (χ0) is 24.2. The normalized spacial score (nSPS) is 20.1. The monoisotopic (exact) mass is 458 g/mol. The van der Waals surface area contributed by atoms with Crippen LogP contribution in [0.25, 0.3) is 11.2 Å². The van der Waals surface area contributed by atoms with Gasteiger partial charge in [-0.1, -0.05) is 32.9 Å². The second-order valence-corrected chi connectivity index (χ2v) is 10.7. The largest absolute Gasteiger partial charge is 0.350 e. The van der Waals surface area contributed by atoms with Crippen LogP contribution in [0.2, 0.25) is 0 Å². The molecule has 0 N–H and O–H groups in total. The molecule has 3 aliphatic heterocycles. The molecule has 3 aliphatic rings. The highest BCUT2D eigenvalue weighted by Crippen LogP contribution is 2.34. The van der Waals surface area contributed by atoms with Gasteiger partial charge in [0.05, 0.1) is 22.7 Å². The Labute approximate surface area is 199 Å². The van der Waals surface area contributed by atoms with E-state index in [0.29, 0.717) is 36.4 Å². The summed E-state index contributed by atoms with van der Waals surface area (Å²) in [5.74, 6) is 0.770. The Morgan fingerprint density at radius 2 is 1.85 bits per heavy atom. The van der Waals surface area contributed by atoms with Crippen LogP contribution in [0.4, 0.5) is 5.82 Å². The number of piperazine rings is 1. The molecule has 8 nitrogen and oxygen atoms in total. The molecule has 3 saturated heterocycles. The third-order valence-corrected chi connectivity index (χ3v) is 6.96. The first kappa shape index (κ1) is 22.2. The molecule has 6 rings (SSSR count).